The van der Waals surface area contributed by atoms with Crippen LogP contribution in [0.1, 0.15) is 45.4 Å². The maximum absolute atomic E-state index is 4.15. The molecule has 0 N–H and O–H groups in total. The molecule has 0 saturated carbocycles. The third kappa shape index (κ3) is 11.9. The van der Waals surface area contributed by atoms with Gasteiger partial charge in [0.15, 0.2) is 0 Å². The van der Waals surface area contributed by atoms with Gasteiger partial charge in [-0.2, -0.15) is 12.6 Å². The molecule has 0 unspecified atom stereocenters. The summed E-state index contributed by atoms with van der Waals surface area (Å²) < 4.78 is 0. The van der Waals surface area contributed by atoms with Gasteiger partial charge in [0.1, 0.15) is 0 Å². The van der Waals surface area contributed by atoms with Gasteiger partial charge in [0.25, 0.3) is 0 Å². The zero-order valence-corrected chi connectivity index (χ0v) is 7.29. The summed E-state index contributed by atoms with van der Waals surface area (Å²) in [6.45, 7) is 2.25. The molecule has 0 aromatic heterocycles. The molecular weight excluding hydrogens is 247 g/mol. The Morgan fingerprint density at radius 3 is 1.90 bits per heavy atom. The molecule has 0 aliphatic carbocycles. The predicted octanol–water partition coefficient (Wildman–Crippen LogP) is 1.83. The van der Waals surface area contributed by atoms with Crippen LogP contribution < -0.4 is 0 Å². The summed E-state index contributed by atoms with van der Waals surface area (Å²) in [7, 11) is 0. The monoisotopic (exact) mass is 270 g/mol. The summed E-state index contributed by atoms with van der Waals surface area (Å²) in [6, 6.07) is 0. The molecule has 0 bridgehead atoms. The van der Waals surface area contributed by atoms with Crippen LogP contribution >= 0.6 is 12.6 Å². The molecule has 0 nitrogen and oxygen atoms in total. The van der Waals surface area contributed by atoms with Crippen LogP contribution in [0, 0.1) is 0 Å². The van der Waals surface area contributed by atoms with Crippen molar-refractivity contribution in [3.63, 3.8) is 0 Å². The van der Waals surface area contributed by atoms with Crippen molar-refractivity contribution in [3.05, 3.63) is 0 Å². The van der Waals surface area contributed by atoms with Gasteiger partial charge in [0, 0.05) is 0 Å². The van der Waals surface area contributed by atoms with Gasteiger partial charge in [0.05, 0.1) is 0 Å². The Morgan fingerprint density at radius 2 is 1.40 bits per heavy atom. The van der Waals surface area contributed by atoms with Crippen molar-refractivity contribution < 1.29 is 0 Å². The summed E-state index contributed by atoms with van der Waals surface area (Å²) in [4.78, 5) is 0. The molecule has 0 atom stereocenters. The summed E-state index contributed by atoms with van der Waals surface area (Å²) in [5.74, 6) is 1.06. The fraction of sp³-hybridized carbons (Fsp3) is 1.00. The Hall–Kier alpha value is 1.15. The van der Waals surface area contributed by atoms with Gasteiger partial charge in [-0.1, -0.05) is 39.0 Å². The summed E-state index contributed by atoms with van der Waals surface area (Å²) in [5.41, 5.74) is 0. The molecule has 0 spiro atoms. The molecule has 2 heteroatoms. The van der Waals surface area contributed by atoms with Crippen LogP contribution in [0.3, 0.4) is 0 Å². The molecule has 0 fully saturated rings. The van der Waals surface area contributed by atoms with E-state index in [0.29, 0.717) is 0 Å². The number of thiol groups is 1. The minimum absolute atomic E-state index is 0. The molecule has 0 aromatic carbocycles. The van der Waals surface area contributed by atoms with Crippen LogP contribution in [0.4, 0.5) is 0 Å². The number of rotatable bonds is 6. The quantitative estimate of drug-likeness (QED) is 0.424. The fourth-order valence-electron chi connectivity index (χ4n) is 0.892. The van der Waals surface area contributed by atoms with Crippen LogP contribution in [0.2, 0.25) is 0 Å². The minimum atomic E-state index is 0. The first kappa shape index (κ1) is 13.7. The van der Waals surface area contributed by atoms with E-state index in [-0.39, 0.29) is 23.9 Å². The van der Waals surface area contributed by atoms with Crippen LogP contribution in [0.5, 0.6) is 0 Å². The first-order valence-electron chi connectivity index (χ1n) is 4.02. The van der Waals surface area contributed by atoms with Crippen molar-refractivity contribution in [2.75, 3.05) is 5.75 Å². The van der Waals surface area contributed by atoms with E-state index < -0.39 is 0 Å². The average Bonchev–Trinajstić information content (AvgIpc) is 1.89. The maximum atomic E-state index is 4.15. The standard InChI is InChI=1S/C8H18S.Sn.4H/c1-2-3-4-5-6-7-8-9;;;;;/h9H,2-8H2,1H3;;;;;. The van der Waals surface area contributed by atoms with Crippen molar-refractivity contribution in [2.24, 2.45) is 0 Å². The second kappa shape index (κ2) is 12.8. The fourth-order valence-corrected chi connectivity index (χ4v) is 1.12. The predicted molar refractivity (Wildman–Crippen MR) is 58.6 cm³/mol. The first-order valence-corrected chi connectivity index (χ1v) is 4.66. The van der Waals surface area contributed by atoms with Crippen LogP contribution in [-0.2, 0) is 0 Å². The Labute approximate surface area is 87.5 Å². The zero-order valence-electron chi connectivity index (χ0n) is 6.40. The van der Waals surface area contributed by atoms with Gasteiger partial charge in [-0.15, -0.1) is 0 Å². The van der Waals surface area contributed by atoms with Gasteiger partial charge in [-0.3, -0.25) is 0 Å². The molecule has 10 heavy (non-hydrogen) atoms. The van der Waals surface area contributed by atoms with Gasteiger partial charge in [0.2, 0.25) is 0 Å². The van der Waals surface area contributed by atoms with E-state index in [9.17, 15) is 0 Å². The first-order chi connectivity index (χ1) is 4.41. The topological polar surface area (TPSA) is 0 Å². The molecule has 0 amide bonds. The van der Waals surface area contributed by atoms with Crippen molar-refractivity contribution in [3.8, 4) is 0 Å². The molecule has 64 valence electrons. The molecule has 0 aliphatic rings. The number of hydrogen-bond acceptors (Lipinski definition) is 1. The van der Waals surface area contributed by atoms with Gasteiger partial charge < -0.3 is 0 Å². The van der Waals surface area contributed by atoms with Crippen LogP contribution in [0.25, 0.3) is 0 Å². The van der Waals surface area contributed by atoms with Crippen molar-refractivity contribution in [1.29, 1.82) is 0 Å². The van der Waals surface area contributed by atoms with Crippen molar-refractivity contribution in [1.82, 2.24) is 0 Å². The van der Waals surface area contributed by atoms with E-state index in [1.807, 2.05) is 0 Å². The summed E-state index contributed by atoms with van der Waals surface area (Å²) in [5, 5.41) is 0. The number of hydrogen-bond donors (Lipinski definition) is 1. The third-order valence-electron chi connectivity index (χ3n) is 1.51. The van der Waals surface area contributed by atoms with E-state index in [4.69, 9.17) is 0 Å². The van der Waals surface area contributed by atoms with Gasteiger partial charge >= 0.3 is 23.9 Å². The van der Waals surface area contributed by atoms with Gasteiger partial charge in [-0.25, -0.2) is 0 Å². The van der Waals surface area contributed by atoms with Gasteiger partial charge in [-0.05, 0) is 12.2 Å². The second-order valence-corrected chi connectivity index (χ2v) is 2.94. The van der Waals surface area contributed by atoms with E-state index >= 15 is 0 Å². The molecule has 0 heterocycles. The van der Waals surface area contributed by atoms with Crippen LogP contribution in [0.15, 0.2) is 0 Å². The summed E-state index contributed by atoms with van der Waals surface area (Å²) in [6.07, 6.45) is 8.27. The molecule has 0 rings (SSSR count). The average molecular weight is 269 g/mol. The molecule has 0 saturated heterocycles. The molecular formula is C8H22SSn. The van der Waals surface area contributed by atoms with E-state index in [1.54, 1.807) is 0 Å². The van der Waals surface area contributed by atoms with Crippen molar-refractivity contribution >= 4 is 36.5 Å². The Balaban J connectivity index is 0. The number of unbranched alkanes of at least 4 members (excludes halogenated alkanes) is 5. The normalized spacial score (nSPS) is 9.00. The molecule has 0 radical (unpaired) electrons. The van der Waals surface area contributed by atoms with Crippen molar-refractivity contribution in [2.45, 2.75) is 45.4 Å². The second-order valence-electron chi connectivity index (χ2n) is 2.49. The molecule has 0 aliphatic heterocycles. The Bertz CT molecular complexity index is 42.5. The van der Waals surface area contributed by atoms with Crippen LogP contribution in [-0.4, -0.2) is 29.7 Å². The Kier molecular flexibility index (Phi) is 17.6. The van der Waals surface area contributed by atoms with E-state index in [0.717, 1.165) is 5.75 Å². The van der Waals surface area contributed by atoms with E-state index in [2.05, 4.69) is 19.6 Å². The molecule has 0 aromatic rings. The SMILES string of the molecule is CCCCCCCCS.[SnH4]. The van der Waals surface area contributed by atoms with E-state index in [1.165, 1.54) is 38.5 Å². The zero-order chi connectivity index (χ0) is 6.95. The summed E-state index contributed by atoms with van der Waals surface area (Å²) >= 11 is 4.15. The third-order valence-corrected chi connectivity index (χ3v) is 1.83. The Morgan fingerprint density at radius 1 is 0.900 bits per heavy atom.